The third kappa shape index (κ3) is 9.92. The molecular formula is C25H32N6O3. The Hall–Kier alpha value is -4.24. The van der Waals surface area contributed by atoms with Crippen LogP contribution in [0.15, 0.2) is 30.5 Å². The Kier molecular flexibility index (Phi) is 10.9. The van der Waals surface area contributed by atoms with Gasteiger partial charge >= 0.3 is 6.09 Å². The van der Waals surface area contributed by atoms with E-state index in [9.17, 15) is 9.59 Å². The number of anilines is 3. The van der Waals surface area contributed by atoms with Gasteiger partial charge in [-0.3, -0.25) is 4.79 Å². The molecule has 0 bridgehead atoms. The summed E-state index contributed by atoms with van der Waals surface area (Å²) < 4.78 is 5.25. The summed E-state index contributed by atoms with van der Waals surface area (Å²) in [6, 6.07) is 7.10. The summed E-state index contributed by atoms with van der Waals surface area (Å²) in [7, 11) is 1.51. The van der Waals surface area contributed by atoms with Gasteiger partial charge in [0.2, 0.25) is 11.9 Å². The summed E-state index contributed by atoms with van der Waals surface area (Å²) in [5.41, 5.74) is 6.93. The number of hydrogen-bond donors (Lipinski definition) is 3. The third-order valence-electron chi connectivity index (χ3n) is 3.92. The molecule has 0 fully saturated rings. The average molecular weight is 465 g/mol. The van der Waals surface area contributed by atoms with E-state index in [-0.39, 0.29) is 18.4 Å². The molecule has 0 spiro atoms. The number of likely N-dealkylation sites (N-methyl/N-ethyl adjacent to an activating group) is 1. The Morgan fingerprint density at radius 3 is 2.59 bits per heavy atom. The lowest BCUT2D eigenvalue weighted by atomic mass is 10.2. The molecule has 2 aromatic rings. The predicted molar refractivity (Wildman–Crippen MR) is 135 cm³/mol. The summed E-state index contributed by atoms with van der Waals surface area (Å²) in [6.45, 7) is 7.96. The first-order valence-corrected chi connectivity index (χ1v) is 10.6. The number of carbonyl (C=O) groups excluding carboxylic acids is 2. The van der Waals surface area contributed by atoms with Crippen molar-refractivity contribution in [3.63, 3.8) is 0 Å². The van der Waals surface area contributed by atoms with Crippen LogP contribution < -0.4 is 16.4 Å². The van der Waals surface area contributed by atoms with Gasteiger partial charge in [0.15, 0.2) is 0 Å². The maximum absolute atomic E-state index is 12.3. The number of terminal acetylenes is 1. The zero-order valence-electron chi connectivity index (χ0n) is 20.3. The summed E-state index contributed by atoms with van der Waals surface area (Å²) in [5, 5.41) is 5.95. The summed E-state index contributed by atoms with van der Waals surface area (Å²) in [5.74, 6) is 6.50. The van der Waals surface area contributed by atoms with Crippen molar-refractivity contribution in [1.29, 1.82) is 0 Å². The van der Waals surface area contributed by atoms with Gasteiger partial charge in [0, 0.05) is 24.8 Å². The molecule has 0 saturated carbocycles. The molecule has 2 rings (SSSR count). The maximum Gasteiger partial charge on any atom is 0.410 e. The van der Waals surface area contributed by atoms with Gasteiger partial charge < -0.3 is 26.0 Å². The zero-order chi connectivity index (χ0) is 25.7. The zero-order valence-corrected chi connectivity index (χ0v) is 20.3. The van der Waals surface area contributed by atoms with Crippen LogP contribution in [0, 0.1) is 24.7 Å². The second-order valence-electron chi connectivity index (χ2n) is 8.13. The van der Waals surface area contributed by atoms with Gasteiger partial charge in [0.25, 0.3) is 0 Å². The van der Waals surface area contributed by atoms with Gasteiger partial charge in [-0.1, -0.05) is 24.8 Å². The minimum Gasteiger partial charge on any atom is -0.444 e. The maximum atomic E-state index is 12.3. The molecule has 2 amide bonds. The van der Waals surface area contributed by atoms with Crippen molar-refractivity contribution < 1.29 is 14.3 Å². The third-order valence-corrected chi connectivity index (χ3v) is 3.92. The van der Waals surface area contributed by atoms with E-state index in [1.807, 2.05) is 13.0 Å². The molecule has 1 heterocycles. The normalized spacial score (nSPS) is 9.97. The Balaban J connectivity index is 0.00000281. The second-order valence-corrected chi connectivity index (χ2v) is 8.13. The van der Waals surface area contributed by atoms with Crippen LogP contribution in [0.3, 0.4) is 0 Å². The van der Waals surface area contributed by atoms with E-state index in [0.29, 0.717) is 22.6 Å². The highest BCUT2D eigenvalue weighted by atomic mass is 16.6. The lowest BCUT2D eigenvalue weighted by Gasteiger charge is -2.24. The van der Waals surface area contributed by atoms with Crippen LogP contribution in [0.4, 0.5) is 22.2 Å². The lowest BCUT2D eigenvalue weighted by molar-refractivity contribution is -0.117. The highest BCUT2D eigenvalue weighted by Crippen LogP contribution is 2.14. The van der Waals surface area contributed by atoms with E-state index in [4.69, 9.17) is 10.5 Å². The number of rotatable bonds is 6. The molecule has 0 atom stereocenters. The van der Waals surface area contributed by atoms with E-state index in [2.05, 4.69) is 45.3 Å². The van der Waals surface area contributed by atoms with Crippen LogP contribution in [0.1, 0.15) is 45.2 Å². The van der Waals surface area contributed by atoms with E-state index in [1.54, 1.807) is 45.2 Å². The molecule has 0 aliphatic carbocycles. The number of hydrogen-bond acceptors (Lipinski definition) is 7. The largest absolute Gasteiger partial charge is 0.444 e. The van der Waals surface area contributed by atoms with Gasteiger partial charge in [-0.05, 0) is 45.4 Å². The molecule has 0 unspecified atom stereocenters. The predicted octanol–water partition coefficient (Wildman–Crippen LogP) is 3.34. The van der Waals surface area contributed by atoms with Crippen LogP contribution in [0.25, 0.3) is 0 Å². The standard InChI is InChI=1S/C23H30N6O3.C2H2/c1-6-12-25-20-17(14-26-21(24)28-20)11-10-16-8-7-9-18(13-16)27-19(30)15-29(5)22(31)32-23(2,3)4;1-2/h7-9,13-14H,6,12,15H2,1-5H3,(H,27,30)(H3,24,25,26,28);1-2H. The second kappa shape index (κ2) is 13.3. The first-order valence-electron chi connectivity index (χ1n) is 10.6. The van der Waals surface area contributed by atoms with E-state index in [1.165, 1.54) is 11.9 Å². The van der Waals surface area contributed by atoms with Gasteiger partial charge in [0.05, 0.1) is 11.8 Å². The number of carbonyl (C=O) groups is 2. The summed E-state index contributed by atoms with van der Waals surface area (Å²) in [4.78, 5) is 33.8. The Morgan fingerprint density at radius 2 is 1.94 bits per heavy atom. The van der Waals surface area contributed by atoms with Crippen LogP contribution in [0.5, 0.6) is 0 Å². The molecule has 1 aromatic carbocycles. The Bertz CT molecular complexity index is 1060. The molecule has 4 N–H and O–H groups in total. The van der Waals surface area contributed by atoms with Crippen LogP contribution >= 0.6 is 0 Å². The number of nitrogens with zero attached hydrogens (tertiary/aromatic N) is 3. The number of nitrogens with two attached hydrogens (primary N) is 1. The molecule has 0 radical (unpaired) electrons. The lowest BCUT2D eigenvalue weighted by Crippen LogP contribution is -2.38. The average Bonchev–Trinajstić information content (AvgIpc) is 2.77. The summed E-state index contributed by atoms with van der Waals surface area (Å²) in [6.07, 6.45) is 9.94. The van der Waals surface area contributed by atoms with Crippen molar-refractivity contribution in [1.82, 2.24) is 14.9 Å². The minimum absolute atomic E-state index is 0.139. The molecular weight excluding hydrogens is 432 g/mol. The number of benzene rings is 1. The quantitative estimate of drug-likeness (QED) is 0.560. The van der Waals surface area contributed by atoms with Crippen molar-refractivity contribution in [2.75, 3.05) is 36.5 Å². The van der Waals surface area contributed by atoms with Crippen molar-refractivity contribution in [2.24, 2.45) is 0 Å². The highest BCUT2D eigenvalue weighted by molar-refractivity contribution is 5.94. The fourth-order valence-corrected chi connectivity index (χ4v) is 2.50. The van der Waals surface area contributed by atoms with Crippen LogP contribution in [0.2, 0.25) is 0 Å². The fourth-order valence-electron chi connectivity index (χ4n) is 2.50. The molecule has 0 aliphatic heterocycles. The van der Waals surface area contributed by atoms with Crippen molar-refractivity contribution in [3.8, 4) is 24.7 Å². The van der Waals surface area contributed by atoms with E-state index < -0.39 is 11.7 Å². The summed E-state index contributed by atoms with van der Waals surface area (Å²) >= 11 is 0. The van der Waals surface area contributed by atoms with Gasteiger partial charge in [-0.15, -0.1) is 12.8 Å². The number of ether oxygens (including phenoxy) is 1. The molecule has 1 aromatic heterocycles. The van der Waals surface area contributed by atoms with Crippen LogP contribution in [-0.2, 0) is 9.53 Å². The molecule has 180 valence electrons. The highest BCUT2D eigenvalue weighted by Gasteiger charge is 2.21. The van der Waals surface area contributed by atoms with Gasteiger partial charge in [-0.2, -0.15) is 4.98 Å². The number of aromatic nitrogens is 2. The van der Waals surface area contributed by atoms with Gasteiger partial charge in [-0.25, -0.2) is 9.78 Å². The molecule has 0 saturated heterocycles. The topological polar surface area (TPSA) is 122 Å². The molecule has 9 nitrogen and oxygen atoms in total. The fraction of sp³-hybridized carbons (Fsp3) is 0.360. The molecule has 34 heavy (non-hydrogen) atoms. The van der Waals surface area contributed by atoms with Crippen LogP contribution in [-0.4, -0.2) is 52.6 Å². The molecule has 0 aliphatic rings. The number of nitrogens with one attached hydrogen (secondary N) is 2. The van der Waals surface area contributed by atoms with Crippen molar-refractivity contribution in [3.05, 3.63) is 41.6 Å². The first-order chi connectivity index (χ1) is 16.1. The molecule has 9 heteroatoms. The van der Waals surface area contributed by atoms with E-state index in [0.717, 1.165) is 13.0 Å². The van der Waals surface area contributed by atoms with Gasteiger partial charge in [0.1, 0.15) is 18.0 Å². The number of nitrogen functional groups attached to an aromatic ring is 1. The van der Waals surface area contributed by atoms with E-state index >= 15 is 0 Å². The SMILES string of the molecule is C#C.CCCNc1nc(N)ncc1C#Cc1cccc(NC(=O)CN(C)C(=O)OC(C)(C)C)c1. The smallest absolute Gasteiger partial charge is 0.410 e. The van der Waals surface area contributed by atoms with Crippen molar-refractivity contribution >= 4 is 29.5 Å². The van der Waals surface area contributed by atoms with Crippen molar-refractivity contribution in [2.45, 2.75) is 39.7 Å². The first kappa shape index (κ1) is 27.8. The Labute approximate surface area is 201 Å². The Morgan fingerprint density at radius 1 is 1.24 bits per heavy atom. The minimum atomic E-state index is -0.629. The monoisotopic (exact) mass is 464 g/mol. The number of amides is 2.